The molecule has 10 nitrogen and oxygen atoms in total. The summed E-state index contributed by atoms with van der Waals surface area (Å²) >= 11 is 0. The normalized spacial score (nSPS) is 18.3. The number of hydrogen-bond donors (Lipinski definition) is 3. The molecule has 11 heteroatoms. The molecule has 0 amide bonds. The van der Waals surface area contributed by atoms with Crippen LogP contribution in [0.25, 0.3) is 16.6 Å². The quantitative estimate of drug-likeness (QED) is 0.394. The zero-order valence-electron chi connectivity index (χ0n) is 20.0. The largest absolute Gasteiger partial charge is 0.479 e. The first kappa shape index (κ1) is 23.4. The molecule has 0 aliphatic carbocycles. The molecule has 2 aromatic heterocycles. The molecule has 0 bridgehead atoms. The summed E-state index contributed by atoms with van der Waals surface area (Å²) in [6.07, 6.45) is 2.90. The van der Waals surface area contributed by atoms with Crippen LogP contribution in [0.3, 0.4) is 0 Å². The Kier molecular flexibility index (Phi) is 6.78. The van der Waals surface area contributed by atoms with E-state index in [1.807, 2.05) is 24.4 Å². The fourth-order valence-corrected chi connectivity index (χ4v) is 4.65. The number of benzene rings is 1. The molecule has 4 heterocycles. The molecular formula is C24H31FN8O2. The topological polar surface area (TPSA) is 112 Å². The summed E-state index contributed by atoms with van der Waals surface area (Å²) in [5.74, 6) is 0.997. The van der Waals surface area contributed by atoms with Gasteiger partial charge in [-0.1, -0.05) is 6.07 Å². The first-order valence-corrected chi connectivity index (χ1v) is 12.0. The van der Waals surface area contributed by atoms with Crippen LogP contribution in [-0.4, -0.2) is 77.7 Å². The van der Waals surface area contributed by atoms with Crippen molar-refractivity contribution in [2.24, 2.45) is 5.11 Å². The number of ether oxygens (including phenoxy) is 2. The lowest BCUT2D eigenvalue weighted by molar-refractivity contribution is -0.0705. The molecule has 186 valence electrons. The van der Waals surface area contributed by atoms with E-state index in [1.165, 1.54) is 6.92 Å². The lowest BCUT2D eigenvalue weighted by Crippen LogP contribution is -2.53. The summed E-state index contributed by atoms with van der Waals surface area (Å²) in [6, 6.07) is 8.29. The molecule has 3 aromatic rings. The van der Waals surface area contributed by atoms with E-state index in [4.69, 9.17) is 15.0 Å². The average Bonchev–Trinajstić information content (AvgIpc) is 3.26. The molecule has 0 radical (unpaired) electrons. The monoisotopic (exact) mass is 482 g/mol. The van der Waals surface area contributed by atoms with Gasteiger partial charge in [0, 0.05) is 37.4 Å². The number of rotatable bonds is 9. The van der Waals surface area contributed by atoms with E-state index in [-0.39, 0.29) is 6.54 Å². The maximum Gasteiger partial charge on any atom is 0.244 e. The highest BCUT2D eigenvalue weighted by molar-refractivity contribution is 5.87. The Morgan fingerprint density at radius 2 is 2.09 bits per heavy atom. The maximum absolute atomic E-state index is 13.4. The van der Waals surface area contributed by atoms with Crippen LogP contribution in [0.15, 0.2) is 35.6 Å². The van der Waals surface area contributed by atoms with Crippen molar-refractivity contribution in [2.45, 2.75) is 38.0 Å². The Labute approximate surface area is 203 Å². The Balaban J connectivity index is 1.38. The number of alkyl halides is 1. The van der Waals surface area contributed by atoms with Crippen molar-refractivity contribution in [3.05, 3.63) is 30.5 Å². The van der Waals surface area contributed by atoms with Crippen molar-refractivity contribution in [3.8, 4) is 17.0 Å². The number of methoxy groups -OCH3 is 1. The minimum absolute atomic E-state index is 0.136. The molecule has 35 heavy (non-hydrogen) atoms. The highest BCUT2D eigenvalue weighted by Gasteiger charge is 2.30. The van der Waals surface area contributed by atoms with E-state index in [1.54, 1.807) is 17.7 Å². The maximum atomic E-state index is 13.4. The second-order valence-corrected chi connectivity index (χ2v) is 9.12. The van der Waals surface area contributed by atoms with Crippen LogP contribution >= 0.6 is 0 Å². The molecule has 2 aliphatic heterocycles. The van der Waals surface area contributed by atoms with Crippen molar-refractivity contribution in [1.82, 2.24) is 19.5 Å². The van der Waals surface area contributed by atoms with Gasteiger partial charge in [-0.05, 0) is 43.5 Å². The zero-order valence-corrected chi connectivity index (χ0v) is 20.0. The van der Waals surface area contributed by atoms with Crippen LogP contribution in [0.5, 0.6) is 5.88 Å². The second kappa shape index (κ2) is 10.1. The molecule has 1 aromatic carbocycles. The Morgan fingerprint density at radius 3 is 2.74 bits per heavy atom. The van der Waals surface area contributed by atoms with E-state index in [9.17, 15) is 4.39 Å². The summed E-state index contributed by atoms with van der Waals surface area (Å²) in [5, 5.41) is 14.8. The van der Waals surface area contributed by atoms with Gasteiger partial charge in [-0.15, -0.1) is 5.10 Å². The Bertz CT molecular complexity index is 1190. The minimum Gasteiger partial charge on any atom is -0.479 e. The van der Waals surface area contributed by atoms with E-state index < -0.39 is 6.17 Å². The molecule has 0 spiro atoms. The van der Waals surface area contributed by atoms with Gasteiger partial charge in [-0.3, -0.25) is 4.90 Å². The number of anilines is 2. The number of nitrogens with zero attached hydrogens (tertiary/aromatic N) is 5. The summed E-state index contributed by atoms with van der Waals surface area (Å²) in [5.41, 5.74) is 10.9. The highest BCUT2D eigenvalue weighted by atomic mass is 19.1. The van der Waals surface area contributed by atoms with Crippen LogP contribution in [0.1, 0.15) is 19.8 Å². The van der Waals surface area contributed by atoms with Crippen molar-refractivity contribution < 1.29 is 13.9 Å². The minimum atomic E-state index is -1.02. The van der Waals surface area contributed by atoms with Crippen LogP contribution in [0, 0.1) is 5.53 Å². The van der Waals surface area contributed by atoms with Gasteiger partial charge in [0.15, 0.2) is 0 Å². The summed E-state index contributed by atoms with van der Waals surface area (Å²) in [4.78, 5) is 7.16. The first-order chi connectivity index (χ1) is 17.1. The fraction of sp³-hybridized carbons (Fsp3) is 0.500. The first-order valence-electron chi connectivity index (χ1n) is 12.0. The molecule has 0 unspecified atom stereocenters. The standard InChI is InChI=1S/C24H31FN8O2/c1-15(25)12-27-21-11-16(3-4-20(21)30-26)19-7-10-33-22(19)23(34-2)29-24(31-33)28-17-5-8-32(9-6-17)18-13-35-14-18/h3-4,7,10-11,15,17-18,26-27H,5-6,8-9,12-14H2,1-2H3,(H,28,31)/t15-/m1/s1. The number of piperidine rings is 1. The number of hydrogen-bond acceptors (Lipinski definition) is 9. The van der Waals surface area contributed by atoms with Crippen LogP contribution in [0.4, 0.5) is 21.7 Å². The van der Waals surface area contributed by atoms with Crippen molar-refractivity contribution in [3.63, 3.8) is 0 Å². The van der Waals surface area contributed by atoms with Crippen molar-refractivity contribution >= 4 is 22.8 Å². The number of halogens is 1. The van der Waals surface area contributed by atoms with Gasteiger partial charge in [-0.2, -0.15) is 10.1 Å². The van der Waals surface area contributed by atoms with E-state index in [2.05, 4.69) is 30.7 Å². The van der Waals surface area contributed by atoms with Crippen LogP contribution in [-0.2, 0) is 4.74 Å². The number of nitrogens with one attached hydrogen (secondary N) is 3. The second-order valence-electron chi connectivity index (χ2n) is 9.12. The van der Waals surface area contributed by atoms with Crippen LogP contribution < -0.4 is 15.4 Å². The fourth-order valence-electron chi connectivity index (χ4n) is 4.65. The highest BCUT2D eigenvalue weighted by Crippen LogP contribution is 2.36. The number of aromatic nitrogens is 3. The lowest BCUT2D eigenvalue weighted by Gasteiger charge is -2.41. The molecule has 0 saturated carbocycles. The Morgan fingerprint density at radius 1 is 1.29 bits per heavy atom. The van der Waals surface area contributed by atoms with Gasteiger partial charge >= 0.3 is 0 Å². The summed E-state index contributed by atoms with van der Waals surface area (Å²) < 4.78 is 26.1. The lowest BCUT2D eigenvalue weighted by atomic mass is 10.0. The Hall–Kier alpha value is -3.31. The molecule has 2 aliphatic rings. The molecule has 2 fully saturated rings. The number of likely N-dealkylation sites (tertiary alicyclic amines) is 1. The van der Waals surface area contributed by atoms with E-state index in [0.29, 0.717) is 35.3 Å². The molecule has 2 saturated heterocycles. The van der Waals surface area contributed by atoms with Crippen molar-refractivity contribution in [1.29, 1.82) is 5.53 Å². The number of fused-ring (bicyclic) bond motifs is 1. The smallest absolute Gasteiger partial charge is 0.244 e. The SMILES string of the molecule is COc1nc(NC2CCN(C3COC3)CC2)nn2ccc(-c3ccc(N=N)c(NC[C@@H](C)F)c3)c12. The third-order valence-electron chi connectivity index (χ3n) is 6.67. The third kappa shape index (κ3) is 4.92. The average molecular weight is 483 g/mol. The van der Waals surface area contributed by atoms with Gasteiger partial charge in [-0.25, -0.2) is 14.4 Å². The molecular weight excluding hydrogens is 451 g/mol. The van der Waals surface area contributed by atoms with E-state index >= 15 is 0 Å². The zero-order chi connectivity index (χ0) is 24.4. The van der Waals surface area contributed by atoms with Gasteiger partial charge in [0.25, 0.3) is 0 Å². The van der Waals surface area contributed by atoms with Gasteiger partial charge in [0.1, 0.15) is 17.4 Å². The van der Waals surface area contributed by atoms with E-state index in [0.717, 1.165) is 55.8 Å². The molecule has 1 atom stereocenters. The van der Waals surface area contributed by atoms with Gasteiger partial charge in [0.2, 0.25) is 11.8 Å². The van der Waals surface area contributed by atoms with Crippen molar-refractivity contribution in [2.75, 3.05) is 50.6 Å². The predicted molar refractivity (Wildman–Crippen MR) is 132 cm³/mol. The van der Waals surface area contributed by atoms with Gasteiger partial charge < -0.3 is 20.1 Å². The predicted octanol–water partition coefficient (Wildman–Crippen LogP) is 4.11. The van der Waals surface area contributed by atoms with Crippen LogP contribution in [0.2, 0.25) is 0 Å². The summed E-state index contributed by atoms with van der Waals surface area (Å²) in [6.45, 7) is 5.39. The molecule has 5 rings (SSSR count). The third-order valence-corrected chi connectivity index (χ3v) is 6.67. The molecule has 3 N–H and O–H groups in total. The van der Waals surface area contributed by atoms with Gasteiger partial charge in [0.05, 0.1) is 32.1 Å². The summed E-state index contributed by atoms with van der Waals surface area (Å²) in [7, 11) is 1.60.